The lowest BCUT2D eigenvalue weighted by atomic mass is 10.4. The van der Waals surface area contributed by atoms with E-state index >= 15 is 0 Å². The molecule has 0 saturated heterocycles. The zero-order chi connectivity index (χ0) is 12.7. The van der Waals surface area contributed by atoms with Gasteiger partial charge in [-0.1, -0.05) is 0 Å². The molecule has 0 atom stereocenters. The molecule has 0 N–H and O–H groups in total. The minimum absolute atomic E-state index is 0.234. The van der Waals surface area contributed by atoms with Gasteiger partial charge in [-0.25, -0.2) is 4.79 Å². The van der Waals surface area contributed by atoms with Gasteiger partial charge in [-0.3, -0.25) is 9.48 Å². The topological polar surface area (TPSA) is 70.4 Å². The SMILES string of the molecule is CCOC(=O)CCn1cc(C(=O)OCC)cn1. The van der Waals surface area contributed by atoms with Gasteiger partial charge in [-0.2, -0.15) is 5.10 Å². The number of carbonyl (C=O) groups excluding carboxylic acids is 2. The lowest BCUT2D eigenvalue weighted by Crippen LogP contribution is -2.09. The maximum Gasteiger partial charge on any atom is 0.341 e. The molecule has 0 saturated carbocycles. The summed E-state index contributed by atoms with van der Waals surface area (Å²) < 4.78 is 11.1. The van der Waals surface area contributed by atoms with E-state index in [0.717, 1.165) is 0 Å². The molecule has 17 heavy (non-hydrogen) atoms. The Morgan fingerprint density at radius 2 is 2.00 bits per heavy atom. The molecule has 0 aromatic carbocycles. The highest BCUT2D eigenvalue weighted by Gasteiger charge is 2.10. The molecule has 0 bridgehead atoms. The van der Waals surface area contributed by atoms with Crippen LogP contribution in [-0.4, -0.2) is 34.9 Å². The van der Waals surface area contributed by atoms with Crippen molar-refractivity contribution in [1.82, 2.24) is 9.78 Å². The van der Waals surface area contributed by atoms with Gasteiger partial charge in [-0.05, 0) is 13.8 Å². The Hall–Kier alpha value is -1.85. The Bertz CT molecular complexity index is 387. The molecule has 1 rings (SSSR count). The maximum absolute atomic E-state index is 11.3. The summed E-state index contributed by atoms with van der Waals surface area (Å²) in [5.41, 5.74) is 0.385. The van der Waals surface area contributed by atoms with Gasteiger partial charge in [0.1, 0.15) is 0 Å². The highest BCUT2D eigenvalue weighted by atomic mass is 16.5. The van der Waals surface area contributed by atoms with Crippen molar-refractivity contribution in [2.45, 2.75) is 26.8 Å². The minimum Gasteiger partial charge on any atom is -0.466 e. The van der Waals surface area contributed by atoms with E-state index < -0.39 is 5.97 Å². The molecule has 0 aliphatic rings. The number of hydrogen-bond donors (Lipinski definition) is 0. The normalized spacial score (nSPS) is 10.0. The van der Waals surface area contributed by atoms with Crippen LogP contribution in [0.2, 0.25) is 0 Å². The summed E-state index contributed by atoms with van der Waals surface area (Å²) in [7, 11) is 0. The summed E-state index contributed by atoms with van der Waals surface area (Å²) in [4.78, 5) is 22.4. The number of hydrogen-bond acceptors (Lipinski definition) is 5. The van der Waals surface area contributed by atoms with E-state index in [1.54, 1.807) is 20.0 Å². The van der Waals surface area contributed by atoms with E-state index in [2.05, 4.69) is 5.10 Å². The van der Waals surface area contributed by atoms with Crippen LogP contribution in [0.25, 0.3) is 0 Å². The molecule has 1 heterocycles. The highest BCUT2D eigenvalue weighted by molar-refractivity contribution is 5.88. The molecule has 6 nitrogen and oxygen atoms in total. The Labute approximate surface area is 99.5 Å². The molecule has 0 radical (unpaired) electrons. The monoisotopic (exact) mass is 240 g/mol. The van der Waals surface area contributed by atoms with Gasteiger partial charge in [-0.15, -0.1) is 0 Å². The molecule has 0 aliphatic heterocycles. The Balaban J connectivity index is 2.45. The average molecular weight is 240 g/mol. The second-order valence-electron chi connectivity index (χ2n) is 3.27. The first-order valence-electron chi connectivity index (χ1n) is 5.52. The van der Waals surface area contributed by atoms with E-state index in [1.165, 1.54) is 10.9 Å². The minimum atomic E-state index is -0.408. The van der Waals surface area contributed by atoms with Gasteiger partial charge >= 0.3 is 11.9 Å². The second-order valence-corrected chi connectivity index (χ2v) is 3.27. The lowest BCUT2D eigenvalue weighted by molar-refractivity contribution is -0.143. The summed E-state index contributed by atoms with van der Waals surface area (Å²) in [5.74, 6) is -0.685. The number of carbonyl (C=O) groups is 2. The van der Waals surface area contributed by atoms with Crippen LogP contribution in [0.3, 0.4) is 0 Å². The van der Waals surface area contributed by atoms with Crippen molar-refractivity contribution in [1.29, 1.82) is 0 Å². The number of aryl methyl sites for hydroxylation is 1. The molecular weight excluding hydrogens is 224 g/mol. The first-order chi connectivity index (χ1) is 8.17. The van der Waals surface area contributed by atoms with E-state index in [-0.39, 0.29) is 12.4 Å². The van der Waals surface area contributed by atoms with Crippen LogP contribution in [-0.2, 0) is 20.8 Å². The predicted octanol–water partition coefficient (Wildman–Crippen LogP) is 1.01. The molecular formula is C11H16N2O4. The van der Waals surface area contributed by atoms with Gasteiger partial charge in [0.15, 0.2) is 0 Å². The molecule has 6 heteroatoms. The van der Waals surface area contributed by atoms with Crippen molar-refractivity contribution in [2.75, 3.05) is 13.2 Å². The van der Waals surface area contributed by atoms with Crippen LogP contribution >= 0.6 is 0 Å². The molecule has 1 aromatic rings. The third-order valence-corrected chi connectivity index (χ3v) is 1.99. The molecule has 94 valence electrons. The number of ether oxygens (including phenoxy) is 2. The molecule has 1 aromatic heterocycles. The van der Waals surface area contributed by atoms with Crippen molar-refractivity contribution in [3.8, 4) is 0 Å². The molecule has 0 fully saturated rings. The van der Waals surface area contributed by atoms with Crippen LogP contribution < -0.4 is 0 Å². The summed E-state index contributed by atoms with van der Waals surface area (Å²) in [6, 6.07) is 0. The van der Waals surface area contributed by atoms with Crippen molar-refractivity contribution in [3.63, 3.8) is 0 Å². The average Bonchev–Trinajstić information content (AvgIpc) is 2.76. The fraction of sp³-hybridized carbons (Fsp3) is 0.545. The number of esters is 2. The summed E-state index contributed by atoms with van der Waals surface area (Å²) in [6.45, 7) is 4.57. The fourth-order valence-corrected chi connectivity index (χ4v) is 1.24. The smallest absolute Gasteiger partial charge is 0.341 e. The Kier molecular flexibility index (Phi) is 5.19. The van der Waals surface area contributed by atoms with Crippen molar-refractivity contribution >= 4 is 11.9 Å². The van der Waals surface area contributed by atoms with Gasteiger partial charge in [0.25, 0.3) is 0 Å². The molecule has 0 spiro atoms. The van der Waals surface area contributed by atoms with E-state index in [1.807, 2.05) is 0 Å². The van der Waals surface area contributed by atoms with Crippen molar-refractivity contribution in [3.05, 3.63) is 18.0 Å². The van der Waals surface area contributed by atoms with Crippen LogP contribution in [0.4, 0.5) is 0 Å². The lowest BCUT2D eigenvalue weighted by Gasteiger charge is -2.01. The van der Waals surface area contributed by atoms with E-state index in [0.29, 0.717) is 25.3 Å². The quantitative estimate of drug-likeness (QED) is 0.694. The fourth-order valence-electron chi connectivity index (χ4n) is 1.24. The van der Waals surface area contributed by atoms with Crippen LogP contribution in [0, 0.1) is 0 Å². The first kappa shape index (κ1) is 13.2. The van der Waals surface area contributed by atoms with Gasteiger partial charge in [0.05, 0.1) is 37.9 Å². The first-order valence-corrected chi connectivity index (χ1v) is 5.52. The molecule has 0 amide bonds. The Morgan fingerprint density at radius 3 is 2.65 bits per heavy atom. The van der Waals surface area contributed by atoms with Crippen LogP contribution in [0.5, 0.6) is 0 Å². The summed E-state index contributed by atoms with van der Waals surface area (Å²) >= 11 is 0. The van der Waals surface area contributed by atoms with E-state index in [4.69, 9.17) is 9.47 Å². The van der Waals surface area contributed by atoms with Crippen molar-refractivity contribution in [2.24, 2.45) is 0 Å². The predicted molar refractivity (Wildman–Crippen MR) is 59.4 cm³/mol. The second kappa shape index (κ2) is 6.67. The van der Waals surface area contributed by atoms with Crippen LogP contribution in [0.1, 0.15) is 30.6 Å². The largest absolute Gasteiger partial charge is 0.466 e. The zero-order valence-corrected chi connectivity index (χ0v) is 10.0. The van der Waals surface area contributed by atoms with Gasteiger partial charge in [0.2, 0.25) is 0 Å². The maximum atomic E-state index is 11.3. The zero-order valence-electron chi connectivity index (χ0n) is 10.0. The third-order valence-electron chi connectivity index (χ3n) is 1.99. The molecule has 0 unspecified atom stereocenters. The number of aromatic nitrogens is 2. The third kappa shape index (κ3) is 4.26. The van der Waals surface area contributed by atoms with Gasteiger partial charge in [0, 0.05) is 6.20 Å². The molecule has 0 aliphatic carbocycles. The summed E-state index contributed by atoms with van der Waals surface area (Å²) in [6.07, 6.45) is 3.21. The number of rotatable bonds is 6. The van der Waals surface area contributed by atoms with Gasteiger partial charge < -0.3 is 9.47 Å². The Morgan fingerprint density at radius 1 is 1.29 bits per heavy atom. The number of nitrogens with zero attached hydrogens (tertiary/aromatic N) is 2. The highest BCUT2D eigenvalue weighted by Crippen LogP contribution is 2.01. The summed E-state index contributed by atoms with van der Waals surface area (Å²) in [5, 5.41) is 3.96. The van der Waals surface area contributed by atoms with Crippen LogP contribution in [0.15, 0.2) is 12.4 Å². The van der Waals surface area contributed by atoms with Crippen molar-refractivity contribution < 1.29 is 19.1 Å². The van der Waals surface area contributed by atoms with E-state index in [9.17, 15) is 9.59 Å². The standard InChI is InChI=1S/C11H16N2O4/c1-3-16-10(14)5-6-13-8-9(7-12-13)11(15)17-4-2/h7-8H,3-6H2,1-2H3.